The number of aliphatic hydroxyl groups is 1. The summed E-state index contributed by atoms with van der Waals surface area (Å²) in [5, 5.41) is 12.2. The number of carbonyl (C=O) groups is 2. The molecule has 1 aromatic carbocycles. The van der Waals surface area contributed by atoms with E-state index in [0.717, 1.165) is 4.90 Å². The van der Waals surface area contributed by atoms with Crippen molar-refractivity contribution in [1.82, 2.24) is 10.2 Å². The lowest BCUT2D eigenvalue weighted by Gasteiger charge is -2.22. The molecule has 1 fully saturated rings. The van der Waals surface area contributed by atoms with E-state index in [4.69, 9.17) is 28.3 Å². The van der Waals surface area contributed by atoms with Gasteiger partial charge in [-0.05, 0) is 31.0 Å². The molecule has 2 rings (SSSR count). The van der Waals surface area contributed by atoms with Gasteiger partial charge in [0.15, 0.2) is 0 Å². The molecule has 1 aliphatic heterocycles. The highest BCUT2D eigenvalue weighted by Crippen LogP contribution is 2.32. The van der Waals surface area contributed by atoms with Crippen LogP contribution in [0, 0.1) is 0 Å². The Morgan fingerprint density at radius 2 is 2.00 bits per heavy atom. The van der Waals surface area contributed by atoms with E-state index in [2.05, 4.69) is 5.32 Å². The second kappa shape index (κ2) is 5.60. The summed E-state index contributed by atoms with van der Waals surface area (Å²) in [6.07, 6.45) is 0.344. The summed E-state index contributed by atoms with van der Waals surface area (Å²) in [7, 11) is 0. The van der Waals surface area contributed by atoms with Crippen LogP contribution < -0.4 is 5.32 Å². The molecule has 0 saturated carbocycles. The number of aliphatic hydroxyl groups excluding tert-OH is 1. The molecular formula is C13H14Cl2N2O3. The highest BCUT2D eigenvalue weighted by Gasteiger charge is 2.48. The number of nitrogens with zero attached hydrogens (tertiary/aromatic N) is 1. The van der Waals surface area contributed by atoms with Crippen LogP contribution in [0.3, 0.4) is 0 Å². The van der Waals surface area contributed by atoms with E-state index < -0.39 is 11.6 Å². The van der Waals surface area contributed by atoms with Gasteiger partial charge in [-0.3, -0.25) is 9.69 Å². The molecule has 20 heavy (non-hydrogen) atoms. The van der Waals surface area contributed by atoms with Gasteiger partial charge in [0, 0.05) is 13.2 Å². The Morgan fingerprint density at radius 1 is 1.30 bits per heavy atom. The standard InChI is InChI=1S/C13H14Cl2N2O3/c1-13(8-3-4-9(14)10(15)7-8)11(19)17(5-2-6-18)12(20)16-13/h3-4,7,18H,2,5-6H2,1H3,(H,16,20). The number of imide groups is 1. The average Bonchev–Trinajstić information content (AvgIpc) is 2.62. The molecule has 7 heteroatoms. The summed E-state index contributed by atoms with van der Waals surface area (Å²) >= 11 is 11.8. The lowest BCUT2D eigenvalue weighted by Crippen LogP contribution is -2.41. The number of amides is 3. The first-order valence-corrected chi connectivity index (χ1v) is 6.86. The molecule has 1 aliphatic rings. The van der Waals surface area contributed by atoms with Crippen molar-refractivity contribution in [3.8, 4) is 0 Å². The topological polar surface area (TPSA) is 69.6 Å². The molecule has 0 aliphatic carbocycles. The third-order valence-electron chi connectivity index (χ3n) is 3.31. The van der Waals surface area contributed by atoms with Crippen molar-refractivity contribution in [3.05, 3.63) is 33.8 Å². The smallest absolute Gasteiger partial charge is 0.325 e. The molecule has 1 atom stereocenters. The van der Waals surface area contributed by atoms with Crippen molar-refractivity contribution < 1.29 is 14.7 Å². The van der Waals surface area contributed by atoms with Gasteiger partial charge in [0.2, 0.25) is 0 Å². The molecule has 1 unspecified atom stereocenters. The van der Waals surface area contributed by atoms with Crippen molar-refractivity contribution >= 4 is 35.1 Å². The van der Waals surface area contributed by atoms with Gasteiger partial charge in [0.25, 0.3) is 5.91 Å². The molecule has 1 aromatic rings. The Labute approximate surface area is 126 Å². The van der Waals surface area contributed by atoms with Gasteiger partial charge < -0.3 is 10.4 Å². The first kappa shape index (κ1) is 15.1. The van der Waals surface area contributed by atoms with E-state index in [0.29, 0.717) is 22.0 Å². The summed E-state index contributed by atoms with van der Waals surface area (Å²) in [5.41, 5.74) is -0.599. The number of nitrogens with one attached hydrogen (secondary N) is 1. The van der Waals surface area contributed by atoms with Crippen molar-refractivity contribution in [2.75, 3.05) is 13.2 Å². The van der Waals surface area contributed by atoms with Crippen LogP contribution in [0.2, 0.25) is 10.0 Å². The monoisotopic (exact) mass is 316 g/mol. The maximum atomic E-state index is 12.4. The second-order valence-corrected chi connectivity index (χ2v) is 5.53. The van der Waals surface area contributed by atoms with Crippen LogP contribution in [0.4, 0.5) is 4.79 Å². The predicted octanol–water partition coefficient (Wildman–Crippen LogP) is 2.14. The Balaban J connectivity index is 2.33. The number of rotatable bonds is 4. The fraction of sp³-hybridized carbons (Fsp3) is 0.385. The van der Waals surface area contributed by atoms with Gasteiger partial charge in [-0.25, -0.2) is 4.79 Å². The lowest BCUT2D eigenvalue weighted by molar-refractivity contribution is -0.131. The predicted molar refractivity (Wildman–Crippen MR) is 75.8 cm³/mol. The number of hydrogen-bond acceptors (Lipinski definition) is 3. The Hall–Kier alpha value is -1.30. The molecule has 1 heterocycles. The first-order chi connectivity index (χ1) is 9.40. The Kier molecular flexibility index (Phi) is 4.22. The number of carbonyl (C=O) groups excluding carboxylic acids is 2. The van der Waals surface area contributed by atoms with Crippen molar-refractivity contribution in [2.24, 2.45) is 0 Å². The van der Waals surface area contributed by atoms with E-state index in [1.54, 1.807) is 25.1 Å². The first-order valence-electron chi connectivity index (χ1n) is 6.10. The second-order valence-electron chi connectivity index (χ2n) is 4.72. The van der Waals surface area contributed by atoms with E-state index in [9.17, 15) is 9.59 Å². The molecule has 0 bridgehead atoms. The summed E-state index contributed by atoms with van der Waals surface area (Å²) in [4.78, 5) is 25.4. The summed E-state index contributed by atoms with van der Waals surface area (Å²) in [5.74, 6) is -0.366. The normalized spacial score (nSPS) is 22.3. The molecule has 1 saturated heterocycles. The molecule has 2 N–H and O–H groups in total. The van der Waals surface area contributed by atoms with Crippen molar-refractivity contribution in [2.45, 2.75) is 18.9 Å². The van der Waals surface area contributed by atoms with Crippen LogP contribution in [0.5, 0.6) is 0 Å². The summed E-state index contributed by atoms with van der Waals surface area (Å²) in [6, 6.07) is 4.33. The van der Waals surface area contributed by atoms with E-state index in [1.165, 1.54) is 0 Å². The molecule has 0 aromatic heterocycles. The number of halogens is 2. The van der Waals surface area contributed by atoms with Crippen LogP contribution in [0.1, 0.15) is 18.9 Å². The maximum Gasteiger partial charge on any atom is 0.325 e. The van der Waals surface area contributed by atoms with Crippen LogP contribution in [-0.2, 0) is 10.3 Å². The van der Waals surface area contributed by atoms with Gasteiger partial charge in [-0.15, -0.1) is 0 Å². The maximum absolute atomic E-state index is 12.4. The van der Waals surface area contributed by atoms with E-state index >= 15 is 0 Å². The number of urea groups is 1. The lowest BCUT2D eigenvalue weighted by atomic mass is 9.92. The minimum atomic E-state index is -1.17. The van der Waals surface area contributed by atoms with Crippen molar-refractivity contribution in [1.29, 1.82) is 0 Å². The third-order valence-corrected chi connectivity index (χ3v) is 4.05. The molecule has 0 spiro atoms. The number of hydrogen-bond donors (Lipinski definition) is 2. The van der Waals surface area contributed by atoms with Crippen LogP contribution in [-0.4, -0.2) is 35.1 Å². The van der Waals surface area contributed by atoms with Crippen molar-refractivity contribution in [3.63, 3.8) is 0 Å². The van der Waals surface area contributed by atoms with Gasteiger partial charge in [-0.1, -0.05) is 29.3 Å². The Bertz CT molecular complexity index is 565. The molecule has 3 amide bonds. The third kappa shape index (κ3) is 2.49. The van der Waals surface area contributed by atoms with Gasteiger partial charge >= 0.3 is 6.03 Å². The molecule has 5 nitrogen and oxygen atoms in total. The Morgan fingerprint density at radius 3 is 2.60 bits per heavy atom. The molecule has 108 valence electrons. The molecule has 0 radical (unpaired) electrons. The largest absolute Gasteiger partial charge is 0.396 e. The number of benzene rings is 1. The van der Waals surface area contributed by atoms with E-state index in [-0.39, 0.29) is 19.1 Å². The zero-order chi connectivity index (χ0) is 14.9. The van der Waals surface area contributed by atoms with Crippen LogP contribution >= 0.6 is 23.2 Å². The van der Waals surface area contributed by atoms with Gasteiger partial charge in [0.05, 0.1) is 10.0 Å². The zero-order valence-electron chi connectivity index (χ0n) is 10.8. The fourth-order valence-electron chi connectivity index (χ4n) is 2.13. The highest BCUT2D eigenvalue weighted by atomic mass is 35.5. The summed E-state index contributed by atoms with van der Waals surface area (Å²) in [6.45, 7) is 1.71. The van der Waals surface area contributed by atoms with E-state index in [1.807, 2.05) is 0 Å². The fourth-order valence-corrected chi connectivity index (χ4v) is 2.43. The quantitative estimate of drug-likeness (QED) is 0.836. The van der Waals surface area contributed by atoms with Gasteiger partial charge in [-0.2, -0.15) is 0 Å². The average molecular weight is 317 g/mol. The highest BCUT2D eigenvalue weighted by molar-refractivity contribution is 6.42. The zero-order valence-corrected chi connectivity index (χ0v) is 12.3. The van der Waals surface area contributed by atoms with Crippen LogP contribution in [0.15, 0.2) is 18.2 Å². The summed E-state index contributed by atoms with van der Waals surface area (Å²) < 4.78 is 0. The molecular weight excluding hydrogens is 303 g/mol. The van der Waals surface area contributed by atoms with Gasteiger partial charge in [0.1, 0.15) is 5.54 Å². The SMILES string of the molecule is CC1(c2ccc(Cl)c(Cl)c2)NC(=O)N(CCCO)C1=O. The minimum absolute atomic E-state index is 0.0828. The van der Waals surface area contributed by atoms with Crippen LogP contribution in [0.25, 0.3) is 0 Å². The minimum Gasteiger partial charge on any atom is -0.396 e.